The van der Waals surface area contributed by atoms with Crippen LogP contribution in [-0.2, 0) is 23.5 Å². The van der Waals surface area contributed by atoms with E-state index in [9.17, 15) is 12.8 Å². The number of halogens is 1. The van der Waals surface area contributed by atoms with Crippen LogP contribution in [0.1, 0.15) is 11.4 Å². The van der Waals surface area contributed by atoms with E-state index in [0.717, 1.165) is 5.82 Å². The summed E-state index contributed by atoms with van der Waals surface area (Å²) in [7, 11) is -0.623. The van der Waals surface area contributed by atoms with Crippen molar-refractivity contribution < 1.29 is 17.5 Å². The molecule has 8 heteroatoms. The molecule has 0 aliphatic heterocycles. The molecule has 0 unspecified atom stereocenters. The van der Waals surface area contributed by atoms with Crippen molar-refractivity contribution in [3.05, 3.63) is 41.7 Å². The van der Waals surface area contributed by atoms with E-state index in [-0.39, 0.29) is 22.8 Å². The van der Waals surface area contributed by atoms with Crippen molar-refractivity contribution in [1.82, 2.24) is 14.3 Å². The fourth-order valence-corrected chi connectivity index (χ4v) is 3.37. The summed E-state index contributed by atoms with van der Waals surface area (Å²) >= 11 is 0. The lowest BCUT2D eigenvalue weighted by atomic mass is 10.2. The molecule has 0 radical (unpaired) electrons. The highest BCUT2D eigenvalue weighted by Crippen LogP contribution is 2.25. The van der Waals surface area contributed by atoms with Gasteiger partial charge in [-0.05, 0) is 19.1 Å². The zero-order valence-corrected chi connectivity index (χ0v) is 13.4. The second-order valence-corrected chi connectivity index (χ2v) is 6.54. The molecule has 0 aliphatic carbocycles. The number of sulfonamides is 1. The van der Waals surface area contributed by atoms with E-state index >= 15 is 0 Å². The van der Waals surface area contributed by atoms with E-state index < -0.39 is 15.8 Å². The van der Waals surface area contributed by atoms with Gasteiger partial charge in [0.2, 0.25) is 10.0 Å². The van der Waals surface area contributed by atoms with Crippen molar-refractivity contribution in [2.24, 2.45) is 7.05 Å². The molecule has 1 aromatic heterocycles. The molecular formula is C14H18FN3O3S. The van der Waals surface area contributed by atoms with Crippen LogP contribution in [0.2, 0.25) is 0 Å². The number of benzene rings is 1. The quantitative estimate of drug-likeness (QED) is 0.870. The Kier molecular flexibility index (Phi) is 4.82. The topological polar surface area (TPSA) is 73.2 Å². The summed E-state index contributed by atoms with van der Waals surface area (Å²) in [6.45, 7) is 1.59. The van der Waals surface area contributed by atoms with E-state index in [1.165, 1.54) is 26.2 Å². The second kappa shape index (κ2) is 6.45. The van der Waals surface area contributed by atoms with Crippen molar-refractivity contribution in [3.63, 3.8) is 0 Å². The lowest BCUT2D eigenvalue weighted by Gasteiger charge is -2.11. The first-order chi connectivity index (χ1) is 10.4. The van der Waals surface area contributed by atoms with Gasteiger partial charge in [0.05, 0.1) is 12.0 Å². The summed E-state index contributed by atoms with van der Waals surface area (Å²) < 4.78 is 47.6. The third-order valence-electron chi connectivity index (χ3n) is 3.37. The number of aryl methyl sites for hydroxylation is 1. The fourth-order valence-electron chi connectivity index (χ4n) is 2.10. The van der Waals surface area contributed by atoms with Gasteiger partial charge in [-0.3, -0.25) is 0 Å². The highest BCUT2D eigenvalue weighted by atomic mass is 32.2. The van der Waals surface area contributed by atoms with E-state index in [4.69, 9.17) is 4.74 Å². The van der Waals surface area contributed by atoms with Gasteiger partial charge in [0.1, 0.15) is 5.82 Å². The minimum Gasteiger partial charge on any atom is -0.494 e. The fraction of sp³-hybridized carbons (Fsp3) is 0.357. The van der Waals surface area contributed by atoms with Gasteiger partial charge in [0, 0.05) is 38.0 Å². The van der Waals surface area contributed by atoms with Crippen LogP contribution >= 0.6 is 0 Å². The molecule has 0 saturated heterocycles. The molecular weight excluding hydrogens is 309 g/mol. The van der Waals surface area contributed by atoms with E-state index in [1.807, 2.05) is 11.6 Å². The predicted octanol–water partition coefficient (Wildman–Crippen LogP) is 1.40. The number of rotatable bonds is 6. The third-order valence-corrected chi connectivity index (χ3v) is 4.98. The summed E-state index contributed by atoms with van der Waals surface area (Å²) in [5, 5.41) is 0. The average molecular weight is 327 g/mol. The Balaban J connectivity index is 2.14. The Labute approximate surface area is 129 Å². The van der Waals surface area contributed by atoms with Crippen molar-refractivity contribution in [2.75, 3.05) is 13.7 Å². The normalized spacial score (nSPS) is 11.6. The standard InChI is InChI=1S/C14H18FN3O3S/c1-10-12(5-4-11(21-3)14(10)15)22(19,20)17-7-6-13-16-8-9-18(13)2/h4-5,8-9,17H,6-7H2,1-3H3. The maximum atomic E-state index is 14.0. The van der Waals surface area contributed by atoms with E-state index in [2.05, 4.69) is 9.71 Å². The second-order valence-electron chi connectivity index (χ2n) is 4.81. The largest absolute Gasteiger partial charge is 0.494 e. The van der Waals surface area contributed by atoms with Crippen LogP contribution in [0.3, 0.4) is 0 Å². The maximum absolute atomic E-state index is 14.0. The molecule has 22 heavy (non-hydrogen) atoms. The summed E-state index contributed by atoms with van der Waals surface area (Å²) in [6, 6.07) is 2.63. The highest BCUT2D eigenvalue weighted by Gasteiger charge is 2.21. The molecule has 0 amide bonds. The Bertz CT molecular complexity index is 772. The third kappa shape index (κ3) is 3.28. The van der Waals surface area contributed by atoms with Gasteiger partial charge >= 0.3 is 0 Å². The van der Waals surface area contributed by atoms with Crippen molar-refractivity contribution in [2.45, 2.75) is 18.2 Å². The summed E-state index contributed by atoms with van der Waals surface area (Å²) in [5.74, 6) is 0.110. The molecule has 0 aliphatic rings. The first-order valence-corrected chi connectivity index (χ1v) is 8.14. The van der Waals surface area contributed by atoms with Gasteiger partial charge in [0.15, 0.2) is 11.6 Å². The molecule has 0 atom stereocenters. The molecule has 120 valence electrons. The van der Waals surface area contributed by atoms with Crippen molar-refractivity contribution in [1.29, 1.82) is 0 Å². The van der Waals surface area contributed by atoms with E-state index in [1.54, 1.807) is 12.4 Å². The van der Waals surface area contributed by atoms with Crippen molar-refractivity contribution in [3.8, 4) is 5.75 Å². The Morgan fingerprint density at radius 3 is 2.73 bits per heavy atom. The number of hydrogen-bond acceptors (Lipinski definition) is 4. The SMILES string of the molecule is COc1ccc(S(=O)(=O)NCCc2nccn2C)c(C)c1F. The molecule has 2 rings (SSSR count). The van der Waals surface area contributed by atoms with Crippen LogP contribution in [0.4, 0.5) is 4.39 Å². The van der Waals surface area contributed by atoms with Gasteiger partial charge < -0.3 is 9.30 Å². The Morgan fingerprint density at radius 1 is 1.41 bits per heavy atom. The zero-order chi connectivity index (χ0) is 16.3. The molecule has 0 spiro atoms. The monoisotopic (exact) mass is 327 g/mol. The number of ether oxygens (including phenoxy) is 1. The highest BCUT2D eigenvalue weighted by molar-refractivity contribution is 7.89. The van der Waals surface area contributed by atoms with Crippen LogP contribution in [0.5, 0.6) is 5.75 Å². The molecule has 2 aromatic rings. The maximum Gasteiger partial charge on any atom is 0.240 e. The first-order valence-electron chi connectivity index (χ1n) is 6.65. The van der Waals surface area contributed by atoms with Gasteiger partial charge in [-0.2, -0.15) is 0 Å². The summed E-state index contributed by atoms with van der Waals surface area (Å²) in [4.78, 5) is 4.02. The van der Waals surface area contributed by atoms with Crippen LogP contribution < -0.4 is 9.46 Å². The number of nitrogens with one attached hydrogen (secondary N) is 1. The smallest absolute Gasteiger partial charge is 0.240 e. The zero-order valence-electron chi connectivity index (χ0n) is 12.6. The first kappa shape index (κ1) is 16.4. The minimum atomic E-state index is -3.79. The van der Waals surface area contributed by atoms with Gasteiger partial charge in [-0.15, -0.1) is 0 Å². The van der Waals surface area contributed by atoms with Crippen LogP contribution in [0.15, 0.2) is 29.4 Å². The molecule has 6 nitrogen and oxygen atoms in total. The summed E-state index contributed by atoms with van der Waals surface area (Å²) in [5.41, 5.74) is 0.0313. The molecule has 1 heterocycles. The number of nitrogens with zero attached hydrogens (tertiary/aromatic N) is 2. The molecule has 1 N–H and O–H groups in total. The van der Waals surface area contributed by atoms with E-state index in [0.29, 0.717) is 6.42 Å². The number of methoxy groups -OCH3 is 1. The molecule has 0 saturated carbocycles. The Morgan fingerprint density at radius 2 is 2.14 bits per heavy atom. The molecule has 1 aromatic carbocycles. The predicted molar refractivity (Wildman–Crippen MR) is 79.8 cm³/mol. The summed E-state index contributed by atoms with van der Waals surface area (Å²) in [6.07, 6.45) is 3.88. The van der Waals surface area contributed by atoms with Gasteiger partial charge in [-0.25, -0.2) is 22.5 Å². The lowest BCUT2D eigenvalue weighted by molar-refractivity contribution is 0.384. The molecule has 0 bridgehead atoms. The van der Waals surface area contributed by atoms with Crippen LogP contribution in [-0.4, -0.2) is 31.6 Å². The minimum absolute atomic E-state index is 0.0180. The van der Waals surface area contributed by atoms with Gasteiger partial charge in [-0.1, -0.05) is 0 Å². The average Bonchev–Trinajstić information content (AvgIpc) is 2.87. The Hall–Kier alpha value is -1.93. The van der Waals surface area contributed by atoms with Crippen molar-refractivity contribution >= 4 is 10.0 Å². The number of hydrogen-bond donors (Lipinski definition) is 1. The number of imidazole rings is 1. The van der Waals surface area contributed by atoms with Crippen LogP contribution in [0, 0.1) is 12.7 Å². The lowest BCUT2D eigenvalue weighted by Crippen LogP contribution is -2.27. The molecule has 0 fully saturated rings. The number of aromatic nitrogens is 2. The van der Waals surface area contributed by atoms with Crippen LogP contribution in [0.25, 0.3) is 0 Å². The van der Waals surface area contributed by atoms with Gasteiger partial charge in [0.25, 0.3) is 0 Å².